The number of carbonyl (C=O) groups is 1. The lowest BCUT2D eigenvalue weighted by molar-refractivity contribution is -0.214. The summed E-state index contributed by atoms with van der Waals surface area (Å²) < 4.78 is 69.3. The molecule has 0 aromatic rings. The summed E-state index contributed by atoms with van der Waals surface area (Å²) in [4.78, 5) is 11.1. The zero-order valence-electron chi connectivity index (χ0n) is 8.57. The van der Waals surface area contributed by atoms with Crippen LogP contribution in [0.5, 0.6) is 0 Å². The minimum Gasteiger partial charge on any atom is -0.451 e. The molecule has 0 spiro atoms. The first kappa shape index (κ1) is 16.9. The molecule has 0 aromatic carbocycles. The summed E-state index contributed by atoms with van der Waals surface area (Å²) in [6, 6.07) is 0. The van der Waals surface area contributed by atoms with E-state index in [2.05, 4.69) is 4.74 Å². The van der Waals surface area contributed by atoms with Gasteiger partial charge in [0.2, 0.25) is 6.10 Å². The number of esters is 1. The van der Waals surface area contributed by atoms with Crippen LogP contribution in [0.3, 0.4) is 0 Å². The Hall–Kier alpha value is -0.100. The molecule has 0 radical (unpaired) electrons. The van der Waals surface area contributed by atoms with Crippen LogP contribution in [-0.4, -0.2) is 40.9 Å². The van der Waals surface area contributed by atoms with Crippen molar-refractivity contribution in [3.8, 4) is 0 Å². The summed E-state index contributed by atoms with van der Waals surface area (Å²) in [6.45, 7) is 1.56. The zero-order chi connectivity index (χ0) is 13.9. The largest absolute Gasteiger partial charge is 0.451 e. The Morgan fingerprint density at radius 3 is 2.24 bits per heavy atom. The maximum absolute atomic E-state index is 12.3. The second-order valence-corrected chi connectivity index (χ2v) is 6.09. The molecule has 0 rings (SSSR count). The van der Waals surface area contributed by atoms with E-state index in [1.165, 1.54) is 0 Å². The summed E-state index contributed by atoms with van der Waals surface area (Å²) in [5.74, 6) is -2.87. The molecule has 0 aromatic heterocycles. The van der Waals surface area contributed by atoms with Crippen molar-refractivity contribution in [3.63, 3.8) is 0 Å². The van der Waals surface area contributed by atoms with Crippen LogP contribution in [0, 0.1) is 0 Å². The van der Waals surface area contributed by atoms with Crippen LogP contribution in [0.1, 0.15) is 13.3 Å². The van der Waals surface area contributed by atoms with Gasteiger partial charge in [-0.3, -0.25) is 9.35 Å². The van der Waals surface area contributed by atoms with Gasteiger partial charge in [0.05, 0.1) is 0 Å². The molecule has 2 atom stereocenters. The van der Waals surface area contributed by atoms with Crippen LogP contribution in [0.4, 0.5) is 13.2 Å². The molecule has 0 heterocycles. The van der Waals surface area contributed by atoms with Gasteiger partial charge in [0, 0.05) is 0 Å². The molecular weight excluding hydrogens is 380 g/mol. The summed E-state index contributed by atoms with van der Waals surface area (Å²) in [5, 5.41) is 0. The summed E-state index contributed by atoms with van der Waals surface area (Å²) in [5.41, 5.74) is 0. The number of hydrogen-bond acceptors (Lipinski definition) is 4. The number of ether oxygens (including phenoxy) is 1. The van der Waals surface area contributed by atoms with Gasteiger partial charge in [0.25, 0.3) is 10.1 Å². The highest BCUT2D eigenvalue weighted by molar-refractivity contribution is 14.1. The van der Waals surface area contributed by atoms with Gasteiger partial charge >= 0.3 is 12.1 Å². The second kappa shape index (κ2) is 6.18. The first-order valence-corrected chi connectivity index (χ1v) is 7.19. The average Bonchev–Trinajstić information content (AvgIpc) is 2.11. The number of alkyl halides is 4. The average molecular weight is 390 g/mol. The summed E-state index contributed by atoms with van der Waals surface area (Å²) >= 11 is 1.58. The van der Waals surface area contributed by atoms with Gasteiger partial charge in [-0.1, -0.05) is 29.5 Å². The Morgan fingerprint density at radius 2 is 1.94 bits per heavy atom. The molecule has 1 N–H and O–H groups in total. The fraction of sp³-hybridized carbons (Fsp3) is 0.857. The fourth-order valence-electron chi connectivity index (χ4n) is 0.767. The molecular formula is C7H10F3IO5S. The molecule has 0 saturated carbocycles. The van der Waals surface area contributed by atoms with Gasteiger partial charge in [0.1, 0.15) is 9.68 Å². The first-order chi connectivity index (χ1) is 7.47. The van der Waals surface area contributed by atoms with Crippen molar-refractivity contribution >= 4 is 38.7 Å². The maximum atomic E-state index is 12.3. The Labute approximate surface area is 110 Å². The van der Waals surface area contributed by atoms with E-state index in [9.17, 15) is 26.4 Å². The Balaban J connectivity index is 4.80. The van der Waals surface area contributed by atoms with Gasteiger partial charge in [-0.25, -0.2) is 0 Å². The molecule has 0 amide bonds. The monoisotopic (exact) mass is 390 g/mol. The molecule has 0 saturated heterocycles. The van der Waals surface area contributed by atoms with Crippen LogP contribution in [-0.2, 0) is 19.6 Å². The minimum absolute atomic E-state index is 0.246. The minimum atomic E-state index is -5.05. The molecule has 0 aliphatic carbocycles. The molecule has 2 unspecified atom stereocenters. The number of carbonyl (C=O) groups excluding carboxylic acids is 1. The van der Waals surface area contributed by atoms with Crippen molar-refractivity contribution in [2.24, 2.45) is 0 Å². The van der Waals surface area contributed by atoms with Crippen LogP contribution < -0.4 is 0 Å². The van der Waals surface area contributed by atoms with Crippen LogP contribution in [0.2, 0.25) is 0 Å². The molecule has 0 bridgehead atoms. The smallest absolute Gasteiger partial charge is 0.426 e. The van der Waals surface area contributed by atoms with Gasteiger partial charge in [-0.15, -0.1) is 0 Å². The highest BCUT2D eigenvalue weighted by Crippen LogP contribution is 2.25. The standard InChI is InChI=1S/C7H10F3IO5S/c1-2-4(11)6(12)16-5(7(8,9)10)3-17(13,14)15/h4-5H,2-3H2,1H3,(H,13,14,15). The van der Waals surface area contributed by atoms with Gasteiger partial charge in [-0.05, 0) is 6.42 Å². The lowest BCUT2D eigenvalue weighted by atomic mass is 10.3. The van der Waals surface area contributed by atoms with E-state index in [-0.39, 0.29) is 6.42 Å². The van der Waals surface area contributed by atoms with Crippen molar-refractivity contribution in [1.29, 1.82) is 0 Å². The van der Waals surface area contributed by atoms with E-state index in [0.29, 0.717) is 0 Å². The molecule has 17 heavy (non-hydrogen) atoms. The lowest BCUT2D eigenvalue weighted by Gasteiger charge is -2.20. The van der Waals surface area contributed by atoms with Gasteiger partial charge in [-0.2, -0.15) is 21.6 Å². The summed E-state index contributed by atoms with van der Waals surface area (Å²) in [6.07, 6.45) is -7.65. The van der Waals surface area contributed by atoms with Gasteiger partial charge < -0.3 is 4.74 Å². The van der Waals surface area contributed by atoms with Crippen molar-refractivity contribution in [3.05, 3.63) is 0 Å². The highest BCUT2D eigenvalue weighted by Gasteiger charge is 2.45. The Kier molecular flexibility index (Phi) is 6.14. The van der Waals surface area contributed by atoms with E-state index >= 15 is 0 Å². The predicted octanol–water partition coefficient (Wildman–Crippen LogP) is 1.56. The molecule has 10 heteroatoms. The molecule has 5 nitrogen and oxygen atoms in total. The third kappa shape index (κ3) is 7.03. The van der Waals surface area contributed by atoms with Crippen molar-refractivity contribution < 1.29 is 35.7 Å². The zero-order valence-corrected chi connectivity index (χ0v) is 11.5. The molecule has 0 aliphatic heterocycles. The topological polar surface area (TPSA) is 80.7 Å². The lowest BCUT2D eigenvalue weighted by Crippen LogP contribution is -2.40. The predicted molar refractivity (Wildman–Crippen MR) is 60.4 cm³/mol. The third-order valence-electron chi connectivity index (χ3n) is 1.60. The molecule has 0 fully saturated rings. The fourth-order valence-corrected chi connectivity index (χ4v) is 1.55. The second-order valence-electron chi connectivity index (χ2n) is 3.09. The van der Waals surface area contributed by atoms with E-state index in [1.807, 2.05) is 0 Å². The van der Waals surface area contributed by atoms with Crippen molar-refractivity contribution in [2.45, 2.75) is 29.5 Å². The SMILES string of the molecule is CCC(I)C(=O)OC(CS(=O)(=O)O)C(F)(F)F. The van der Waals surface area contributed by atoms with Crippen molar-refractivity contribution in [2.75, 3.05) is 5.75 Å². The number of rotatable bonds is 5. The number of hydrogen-bond donors (Lipinski definition) is 1. The first-order valence-electron chi connectivity index (χ1n) is 4.33. The van der Waals surface area contributed by atoms with Crippen LogP contribution >= 0.6 is 22.6 Å². The quantitative estimate of drug-likeness (QED) is 0.334. The highest BCUT2D eigenvalue weighted by atomic mass is 127. The summed E-state index contributed by atoms with van der Waals surface area (Å²) in [7, 11) is -4.88. The Morgan fingerprint density at radius 1 is 1.47 bits per heavy atom. The van der Waals surface area contributed by atoms with E-state index < -0.39 is 38.0 Å². The van der Waals surface area contributed by atoms with E-state index in [4.69, 9.17) is 4.55 Å². The maximum Gasteiger partial charge on any atom is 0.426 e. The molecule has 0 aliphatic rings. The molecule has 102 valence electrons. The van der Waals surface area contributed by atoms with E-state index in [0.717, 1.165) is 0 Å². The normalized spacial score (nSPS) is 16.4. The van der Waals surface area contributed by atoms with Crippen molar-refractivity contribution in [1.82, 2.24) is 0 Å². The van der Waals surface area contributed by atoms with Crippen LogP contribution in [0.15, 0.2) is 0 Å². The number of halogens is 4. The Bertz CT molecular complexity index is 366. The van der Waals surface area contributed by atoms with Crippen LogP contribution in [0.25, 0.3) is 0 Å². The van der Waals surface area contributed by atoms with Gasteiger partial charge in [0.15, 0.2) is 0 Å². The van der Waals surface area contributed by atoms with E-state index in [1.54, 1.807) is 29.5 Å². The third-order valence-corrected chi connectivity index (χ3v) is 3.71.